The highest BCUT2D eigenvalue weighted by Gasteiger charge is 2.50. The van der Waals surface area contributed by atoms with Crippen molar-refractivity contribution in [1.29, 1.82) is 0 Å². The van der Waals surface area contributed by atoms with Crippen molar-refractivity contribution in [2.45, 2.75) is 63.6 Å². The highest BCUT2D eigenvalue weighted by molar-refractivity contribution is 5.99. The van der Waals surface area contributed by atoms with Crippen molar-refractivity contribution in [2.24, 2.45) is 11.8 Å². The van der Waals surface area contributed by atoms with Crippen LogP contribution in [0, 0.1) is 11.8 Å². The minimum atomic E-state index is -2.89. The molecule has 33 heavy (non-hydrogen) atoms. The summed E-state index contributed by atoms with van der Waals surface area (Å²) in [6, 6.07) is 4.36. The van der Waals surface area contributed by atoms with Gasteiger partial charge in [0.15, 0.2) is 0 Å². The Hall–Kier alpha value is -2.98. The molecule has 176 valence electrons. The summed E-state index contributed by atoms with van der Waals surface area (Å²) in [4.78, 5) is 27.4. The Morgan fingerprint density at radius 2 is 1.94 bits per heavy atom. The summed E-state index contributed by atoms with van der Waals surface area (Å²) in [6.45, 7) is 0.348. The maximum Gasteiger partial charge on any atom is 0.314 e. The molecule has 1 aliphatic heterocycles. The molecule has 7 nitrogen and oxygen atoms in total. The Balaban J connectivity index is 1.32. The highest BCUT2D eigenvalue weighted by atomic mass is 19.3. The minimum absolute atomic E-state index is 0.0971. The summed E-state index contributed by atoms with van der Waals surface area (Å²) in [7, 11) is 0. The number of carbonyl (C=O) groups excluding carboxylic acids is 2. The van der Waals surface area contributed by atoms with Gasteiger partial charge in [-0.2, -0.15) is 8.78 Å². The van der Waals surface area contributed by atoms with Crippen LogP contribution < -0.4 is 5.32 Å². The van der Waals surface area contributed by atoms with Crippen LogP contribution in [0.4, 0.5) is 17.6 Å². The predicted molar refractivity (Wildman–Crippen MR) is 106 cm³/mol. The average Bonchev–Trinajstić information content (AvgIpc) is 3.34. The van der Waals surface area contributed by atoms with Crippen LogP contribution in [0.5, 0.6) is 0 Å². The summed E-state index contributed by atoms with van der Waals surface area (Å²) in [5.74, 6) is -3.02. The molecule has 0 bridgehead atoms. The van der Waals surface area contributed by atoms with Crippen molar-refractivity contribution in [2.75, 3.05) is 0 Å². The number of nitrogens with zero attached hydrogens (tertiary/aromatic N) is 3. The highest BCUT2D eigenvalue weighted by Crippen LogP contribution is 2.43. The Morgan fingerprint density at radius 3 is 2.64 bits per heavy atom. The fraction of sp³-hybridized carbons (Fsp3) is 0.545. The van der Waals surface area contributed by atoms with Gasteiger partial charge in [-0.3, -0.25) is 9.59 Å². The van der Waals surface area contributed by atoms with Gasteiger partial charge >= 0.3 is 6.43 Å². The lowest BCUT2D eigenvalue weighted by atomic mass is 9.89. The monoisotopic (exact) mass is 466 g/mol. The molecule has 3 unspecified atom stereocenters. The molecule has 2 aliphatic carbocycles. The van der Waals surface area contributed by atoms with Gasteiger partial charge in [0, 0.05) is 35.5 Å². The zero-order valence-electron chi connectivity index (χ0n) is 17.5. The fourth-order valence-electron chi connectivity index (χ4n) is 4.90. The minimum Gasteiger partial charge on any atom is -0.415 e. The molecule has 5 rings (SSSR count). The molecule has 2 aromatic rings. The van der Waals surface area contributed by atoms with Crippen molar-refractivity contribution >= 4 is 11.8 Å². The molecule has 2 amide bonds. The van der Waals surface area contributed by atoms with E-state index in [4.69, 9.17) is 4.42 Å². The van der Waals surface area contributed by atoms with Gasteiger partial charge < -0.3 is 14.6 Å². The van der Waals surface area contributed by atoms with Crippen LogP contribution in [0.1, 0.15) is 60.3 Å². The van der Waals surface area contributed by atoms with Gasteiger partial charge in [-0.05, 0) is 37.0 Å². The first-order valence-corrected chi connectivity index (χ1v) is 11.0. The van der Waals surface area contributed by atoms with Crippen molar-refractivity contribution in [3.05, 3.63) is 35.2 Å². The number of nitrogens with one attached hydrogen (secondary N) is 1. The third kappa shape index (κ3) is 4.08. The second kappa shape index (κ2) is 8.42. The van der Waals surface area contributed by atoms with Gasteiger partial charge in [0.05, 0.1) is 6.04 Å². The van der Waals surface area contributed by atoms with E-state index in [9.17, 15) is 27.2 Å². The first-order chi connectivity index (χ1) is 15.8. The summed E-state index contributed by atoms with van der Waals surface area (Å²) in [5, 5.41) is 9.87. The number of fused-ring (bicyclic) bond motifs is 1. The zero-order valence-corrected chi connectivity index (χ0v) is 17.5. The summed E-state index contributed by atoms with van der Waals surface area (Å²) < 4.78 is 56.2. The molecule has 1 aromatic heterocycles. The molecule has 2 heterocycles. The first kappa shape index (κ1) is 21.8. The van der Waals surface area contributed by atoms with Gasteiger partial charge in [-0.1, -0.05) is 18.9 Å². The Labute approximate surface area is 186 Å². The van der Waals surface area contributed by atoms with E-state index in [2.05, 4.69) is 15.5 Å². The van der Waals surface area contributed by atoms with Crippen LogP contribution in [0.2, 0.25) is 0 Å². The summed E-state index contributed by atoms with van der Waals surface area (Å²) >= 11 is 0. The van der Waals surface area contributed by atoms with Crippen LogP contribution in [0.15, 0.2) is 22.6 Å². The van der Waals surface area contributed by atoms with E-state index in [0.717, 1.165) is 18.4 Å². The van der Waals surface area contributed by atoms with Crippen molar-refractivity contribution in [3.63, 3.8) is 0 Å². The number of aromatic nitrogens is 2. The lowest BCUT2D eigenvalue weighted by Gasteiger charge is -2.38. The molecule has 3 aliphatic rings. The van der Waals surface area contributed by atoms with E-state index >= 15 is 0 Å². The standard InChI is InChI=1S/C22H22F4N4O3/c23-17(24)13-8-14(13)19(31)27-15-3-1-2-4-16(15)30-9-11-6-5-10(7-12(11)22(30)32)20-28-29-21(33-20)18(25)26/h5-7,13-18H,1-4,8-9H2,(H,27,31)/t13?,14?,15-,16?/m1/s1. The van der Waals surface area contributed by atoms with Gasteiger partial charge in [-0.25, -0.2) is 8.78 Å². The number of halogens is 4. The van der Waals surface area contributed by atoms with Gasteiger partial charge in [0.1, 0.15) is 0 Å². The van der Waals surface area contributed by atoms with Crippen LogP contribution >= 0.6 is 0 Å². The van der Waals surface area contributed by atoms with Crippen molar-refractivity contribution in [3.8, 4) is 11.5 Å². The van der Waals surface area contributed by atoms with Crippen LogP contribution in [-0.2, 0) is 11.3 Å². The normalized spacial score (nSPS) is 26.7. The zero-order chi connectivity index (χ0) is 23.3. The van der Waals surface area contributed by atoms with E-state index in [0.29, 0.717) is 30.5 Å². The summed E-state index contributed by atoms with van der Waals surface area (Å²) in [6.07, 6.45) is -2.04. The molecular weight excluding hydrogens is 444 g/mol. The number of hydrogen-bond donors (Lipinski definition) is 1. The van der Waals surface area contributed by atoms with E-state index in [1.165, 1.54) is 0 Å². The van der Waals surface area contributed by atoms with E-state index in [1.54, 1.807) is 23.1 Å². The average molecular weight is 466 g/mol. The molecule has 11 heteroatoms. The number of alkyl halides is 4. The Kier molecular flexibility index (Phi) is 5.57. The first-order valence-electron chi connectivity index (χ1n) is 11.0. The molecule has 0 spiro atoms. The number of hydrogen-bond acceptors (Lipinski definition) is 5. The number of amides is 2. The van der Waals surface area contributed by atoms with Gasteiger partial charge in [-0.15, -0.1) is 10.2 Å². The lowest BCUT2D eigenvalue weighted by Crippen LogP contribution is -2.53. The second-order valence-electron chi connectivity index (χ2n) is 8.86. The Morgan fingerprint density at radius 1 is 1.15 bits per heavy atom. The molecule has 0 radical (unpaired) electrons. The smallest absolute Gasteiger partial charge is 0.314 e. The largest absolute Gasteiger partial charge is 0.415 e. The van der Waals surface area contributed by atoms with Crippen LogP contribution in [-0.4, -0.2) is 45.4 Å². The van der Waals surface area contributed by atoms with Crippen LogP contribution in [0.25, 0.3) is 11.5 Å². The quantitative estimate of drug-likeness (QED) is 0.652. The molecule has 1 N–H and O–H groups in total. The topological polar surface area (TPSA) is 88.3 Å². The molecule has 2 saturated carbocycles. The lowest BCUT2D eigenvalue weighted by molar-refractivity contribution is -0.124. The molecule has 4 atom stereocenters. The van der Waals surface area contributed by atoms with Gasteiger partial charge in [0.2, 0.25) is 18.2 Å². The number of carbonyl (C=O) groups is 2. The SMILES string of the molecule is O=C(N[C@@H]1CCCCC1N1Cc2ccc(-c3nnc(C(F)F)o3)cc2C1=O)C1CC1C(F)F. The number of benzene rings is 1. The van der Waals surface area contributed by atoms with E-state index in [1.807, 2.05) is 0 Å². The predicted octanol–water partition coefficient (Wildman–Crippen LogP) is 3.96. The number of rotatable bonds is 6. The third-order valence-corrected chi connectivity index (χ3v) is 6.77. The molecule has 1 aromatic carbocycles. The van der Waals surface area contributed by atoms with Crippen LogP contribution in [0.3, 0.4) is 0 Å². The van der Waals surface area contributed by atoms with E-state index < -0.39 is 30.6 Å². The Bertz CT molecular complexity index is 1080. The third-order valence-electron chi connectivity index (χ3n) is 6.77. The molecular formula is C22H22F4N4O3. The summed E-state index contributed by atoms with van der Waals surface area (Å²) in [5.41, 5.74) is 1.55. The van der Waals surface area contributed by atoms with Gasteiger partial charge in [0.25, 0.3) is 11.8 Å². The maximum atomic E-state index is 13.2. The van der Waals surface area contributed by atoms with Crippen molar-refractivity contribution in [1.82, 2.24) is 20.4 Å². The maximum absolute atomic E-state index is 13.2. The molecule has 2 fully saturated rings. The fourth-order valence-corrected chi connectivity index (χ4v) is 4.90. The second-order valence-corrected chi connectivity index (χ2v) is 8.86. The van der Waals surface area contributed by atoms with E-state index in [-0.39, 0.29) is 36.2 Å². The van der Waals surface area contributed by atoms with Crippen molar-refractivity contribution < 1.29 is 31.6 Å². The molecule has 0 saturated heterocycles.